The Balaban J connectivity index is 1.77. The van der Waals surface area contributed by atoms with Crippen molar-refractivity contribution in [3.63, 3.8) is 0 Å². The van der Waals surface area contributed by atoms with E-state index in [-0.39, 0.29) is 5.91 Å². The predicted octanol–water partition coefficient (Wildman–Crippen LogP) is 2.49. The van der Waals surface area contributed by atoms with Gasteiger partial charge in [-0.1, -0.05) is 16.8 Å². The molecule has 5 nitrogen and oxygen atoms in total. The number of hydrogen-bond donors (Lipinski definition) is 1. The van der Waals surface area contributed by atoms with Crippen molar-refractivity contribution in [2.75, 3.05) is 26.2 Å². The van der Waals surface area contributed by atoms with Crippen molar-refractivity contribution in [2.45, 2.75) is 6.42 Å². The van der Waals surface area contributed by atoms with Gasteiger partial charge in [-0.15, -0.1) is 11.3 Å². The van der Waals surface area contributed by atoms with Crippen molar-refractivity contribution < 1.29 is 9.32 Å². The number of carbonyl (C=O) groups is 1. The molecule has 2 aromatic rings. The first-order valence-corrected chi connectivity index (χ1v) is 7.66. The second kappa shape index (κ2) is 5.95. The Hall–Kier alpha value is -1.37. The summed E-state index contributed by atoms with van der Waals surface area (Å²) in [5.41, 5.74) is 0.353. The first-order valence-electron chi connectivity index (χ1n) is 6.46. The highest BCUT2D eigenvalue weighted by molar-refractivity contribution is 7.19. The van der Waals surface area contributed by atoms with Gasteiger partial charge in [0.25, 0.3) is 5.91 Å². The van der Waals surface area contributed by atoms with E-state index in [0.717, 1.165) is 30.9 Å². The summed E-state index contributed by atoms with van der Waals surface area (Å²) in [5, 5.41) is 7.15. The van der Waals surface area contributed by atoms with Crippen LogP contribution >= 0.6 is 22.9 Å². The van der Waals surface area contributed by atoms with Gasteiger partial charge in [-0.3, -0.25) is 4.79 Å². The lowest BCUT2D eigenvalue weighted by Gasteiger charge is -2.17. The smallest absolute Gasteiger partial charge is 0.276 e. The molecule has 0 spiro atoms. The summed E-state index contributed by atoms with van der Waals surface area (Å²) < 4.78 is 5.93. The van der Waals surface area contributed by atoms with Crippen molar-refractivity contribution in [1.29, 1.82) is 0 Å². The van der Waals surface area contributed by atoms with Gasteiger partial charge in [0, 0.05) is 25.7 Å². The molecule has 1 N–H and O–H groups in total. The Labute approximate surface area is 125 Å². The molecule has 1 amide bonds. The minimum Gasteiger partial charge on any atom is -0.355 e. The fourth-order valence-corrected chi connectivity index (χ4v) is 3.14. The number of aromatic nitrogens is 1. The summed E-state index contributed by atoms with van der Waals surface area (Å²) in [6.07, 6.45) is 0.955. The third-order valence-corrected chi connectivity index (χ3v) is 4.42. The third-order valence-electron chi connectivity index (χ3n) is 3.17. The van der Waals surface area contributed by atoms with Crippen LogP contribution in [0, 0.1) is 0 Å². The van der Waals surface area contributed by atoms with E-state index < -0.39 is 0 Å². The molecule has 0 aromatic carbocycles. The van der Waals surface area contributed by atoms with Crippen LogP contribution in [0.5, 0.6) is 0 Å². The average Bonchev–Trinajstić information content (AvgIpc) is 3.00. The van der Waals surface area contributed by atoms with E-state index in [1.165, 1.54) is 11.3 Å². The molecule has 1 aliphatic rings. The van der Waals surface area contributed by atoms with Gasteiger partial charge in [-0.25, -0.2) is 0 Å². The summed E-state index contributed by atoms with van der Waals surface area (Å²) in [4.78, 5) is 15.0. The van der Waals surface area contributed by atoms with Gasteiger partial charge in [0.05, 0.1) is 9.21 Å². The molecule has 0 saturated carbocycles. The van der Waals surface area contributed by atoms with Gasteiger partial charge in [-0.2, -0.15) is 0 Å². The minimum absolute atomic E-state index is 0.0775. The number of carbonyl (C=O) groups excluding carboxylic acids is 1. The maximum atomic E-state index is 12.4. The maximum absolute atomic E-state index is 12.4. The molecule has 0 aliphatic carbocycles. The zero-order valence-corrected chi connectivity index (χ0v) is 12.3. The minimum atomic E-state index is -0.0775. The number of nitrogens with zero attached hydrogens (tertiary/aromatic N) is 2. The molecular formula is C13H14ClN3O2S. The third kappa shape index (κ3) is 2.87. The number of halogens is 1. The molecule has 1 fully saturated rings. The molecule has 1 aliphatic heterocycles. The van der Waals surface area contributed by atoms with Crippen LogP contribution in [0.1, 0.15) is 16.9 Å². The summed E-state index contributed by atoms with van der Waals surface area (Å²) in [5.74, 6) is 0.504. The van der Waals surface area contributed by atoms with E-state index in [1.54, 1.807) is 12.1 Å². The van der Waals surface area contributed by atoms with Crippen molar-refractivity contribution in [3.05, 3.63) is 28.2 Å². The van der Waals surface area contributed by atoms with Gasteiger partial charge in [0.2, 0.25) is 0 Å². The highest BCUT2D eigenvalue weighted by Crippen LogP contribution is 2.31. The van der Waals surface area contributed by atoms with Crippen molar-refractivity contribution in [2.24, 2.45) is 0 Å². The van der Waals surface area contributed by atoms with E-state index in [1.807, 2.05) is 11.0 Å². The number of thiophene rings is 1. The molecule has 7 heteroatoms. The molecule has 3 rings (SSSR count). The van der Waals surface area contributed by atoms with Gasteiger partial charge < -0.3 is 14.7 Å². The highest BCUT2D eigenvalue weighted by atomic mass is 35.5. The Bertz CT molecular complexity index is 602. The quantitative estimate of drug-likeness (QED) is 0.925. The fraction of sp³-hybridized carbons (Fsp3) is 0.385. The van der Waals surface area contributed by atoms with Crippen molar-refractivity contribution in [1.82, 2.24) is 15.4 Å². The van der Waals surface area contributed by atoms with Crippen molar-refractivity contribution >= 4 is 28.8 Å². The molecule has 2 aromatic heterocycles. The predicted molar refractivity (Wildman–Crippen MR) is 78.2 cm³/mol. The summed E-state index contributed by atoms with van der Waals surface area (Å²) in [6, 6.07) is 5.34. The SMILES string of the molecule is O=C(c1cc(-c2ccc(Cl)s2)on1)N1CCCNCC1. The standard InChI is InChI=1S/C13H14ClN3O2S/c14-12-3-2-11(20-12)10-8-9(16-19-10)13(18)17-6-1-4-15-5-7-17/h2-3,8,15H,1,4-7H2. The molecular weight excluding hydrogens is 298 g/mol. The fourth-order valence-electron chi connectivity index (χ4n) is 2.15. The van der Waals surface area contributed by atoms with E-state index in [2.05, 4.69) is 10.5 Å². The zero-order valence-electron chi connectivity index (χ0n) is 10.8. The Kier molecular flexibility index (Phi) is 4.05. The molecule has 0 radical (unpaired) electrons. The molecule has 0 atom stereocenters. The monoisotopic (exact) mass is 311 g/mol. The van der Waals surface area contributed by atoms with Crippen LogP contribution in [0.25, 0.3) is 10.6 Å². The van der Waals surface area contributed by atoms with E-state index in [9.17, 15) is 4.79 Å². The number of rotatable bonds is 2. The normalized spacial score (nSPS) is 16.1. The van der Waals surface area contributed by atoms with E-state index in [4.69, 9.17) is 16.1 Å². The molecule has 0 unspecified atom stereocenters. The van der Waals surface area contributed by atoms with Gasteiger partial charge in [0.15, 0.2) is 11.5 Å². The lowest BCUT2D eigenvalue weighted by Crippen LogP contribution is -2.34. The van der Waals surface area contributed by atoms with Gasteiger partial charge in [-0.05, 0) is 25.1 Å². The molecule has 3 heterocycles. The van der Waals surface area contributed by atoms with Crippen LogP contribution in [-0.4, -0.2) is 42.1 Å². The Morgan fingerprint density at radius 1 is 1.40 bits per heavy atom. The van der Waals surface area contributed by atoms with Crippen LogP contribution in [0.4, 0.5) is 0 Å². The molecule has 0 bridgehead atoms. The summed E-state index contributed by atoms with van der Waals surface area (Å²) in [7, 11) is 0. The van der Waals surface area contributed by atoms with Crippen LogP contribution in [0.15, 0.2) is 22.7 Å². The topological polar surface area (TPSA) is 58.4 Å². The second-order valence-electron chi connectivity index (χ2n) is 4.58. The first kappa shape index (κ1) is 13.6. The Morgan fingerprint density at radius 3 is 3.10 bits per heavy atom. The first-order chi connectivity index (χ1) is 9.74. The van der Waals surface area contributed by atoms with Crippen molar-refractivity contribution in [3.8, 4) is 10.6 Å². The van der Waals surface area contributed by atoms with Crippen LogP contribution in [0.3, 0.4) is 0 Å². The number of hydrogen-bond acceptors (Lipinski definition) is 5. The highest BCUT2D eigenvalue weighted by Gasteiger charge is 2.21. The summed E-state index contributed by atoms with van der Waals surface area (Å²) in [6.45, 7) is 3.21. The van der Waals surface area contributed by atoms with Gasteiger partial charge >= 0.3 is 0 Å². The Morgan fingerprint density at radius 2 is 2.30 bits per heavy atom. The summed E-state index contributed by atoms with van der Waals surface area (Å²) >= 11 is 7.30. The molecule has 106 valence electrons. The number of amides is 1. The van der Waals surface area contributed by atoms with E-state index in [0.29, 0.717) is 22.3 Å². The maximum Gasteiger partial charge on any atom is 0.276 e. The lowest BCUT2D eigenvalue weighted by molar-refractivity contribution is 0.0756. The molecule has 1 saturated heterocycles. The lowest BCUT2D eigenvalue weighted by atomic mass is 10.3. The largest absolute Gasteiger partial charge is 0.355 e. The average molecular weight is 312 g/mol. The second-order valence-corrected chi connectivity index (χ2v) is 6.29. The van der Waals surface area contributed by atoms with E-state index >= 15 is 0 Å². The van der Waals surface area contributed by atoms with Crippen LogP contribution in [0.2, 0.25) is 4.34 Å². The van der Waals surface area contributed by atoms with Crippen LogP contribution in [-0.2, 0) is 0 Å². The number of nitrogens with one attached hydrogen (secondary N) is 1. The zero-order chi connectivity index (χ0) is 13.9. The van der Waals surface area contributed by atoms with Crippen LogP contribution < -0.4 is 5.32 Å². The van der Waals surface area contributed by atoms with Gasteiger partial charge in [0.1, 0.15) is 0 Å². The molecule has 20 heavy (non-hydrogen) atoms.